The molecule has 0 saturated carbocycles. The summed E-state index contributed by atoms with van der Waals surface area (Å²) in [5.74, 6) is 1.10. The smallest absolute Gasteiger partial charge is 0.238 e. The van der Waals surface area contributed by atoms with E-state index in [1.54, 1.807) is 0 Å². The molecule has 0 aliphatic carbocycles. The second-order valence-corrected chi connectivity index (χ2v) is 5.78. The first kappa shape index (κ1) is 13.8. The molecule has 0 aromatic heterocycles. The van der Waals surface area contributed by atoms with Gasteiger partial charge in [0.15, 0.2) is 5.17 Å². The summed E-state index contributed by atoms with van der Waals surface area (Å²) in [6.07, 6.45) is 0. The van der Waals surface area contributed by atoms with E-state index >= 15 is 0 Å². The van der Waals surface area contributed by atoms with Crippen molar-refractivity contribution in [1.29, 1.82) is 5.41 Å². The standard InChI is InChI=1S/C9H13N3O3S2/c10-9(11)16-6-5-15-7-1-3-8(4-2-7)17(12,13)14/h1-4H,5-6H2,(H3,10,11)(H2,12,13,14). The third kappa shape index (κ3) is 5.07. The van der Waals surface area contributed by atoms with E-state index in [0.29, 0.717) is 18.1 Å². The van der Waals surface area contributed by atoms with E-state index in [1.165, 1.54) is 36.0 Å². The van der Waals surface area contributed by atoms with Crippen molar-refractivity contribution in [2.75, 3.05) is 12.4 Å². The molecular formula is C9H13N3O3S2. The first-order valence-electron chi connectivity index (χ1n) is 4.62. The topological polar surface area (TPSA) is 119 Å². The van der Waals surface area contributed by atoms with Crippen LogP contribution in [0.1, 0.15) is 0 Å². The molecule has 1 rings (SSSR count). The predicted octanol–water partition coefficient (Wildman–Crippen LogP) is 0.339. The Morgan fingerprint density at radius 2 is 1.94 bits per heavy atom. The minimum Gasteiger partial charge on any atom is -0.493 e. The molecule has 0 aliphatic heterocycles. The first-order chi connectivity index (χ1) is 7.89. The molecule has 0 unspecified atom stereocenters. The van der Waals surface area contributed by atoms with Crippen molar-refractivity contribution in [2.45, 2.75) is 4.90 Å². The summed E-state index contributed by atoms with van der Waals surface area (Å²) in [4.78, 5) is 0.0444. The number of amidine groups is 1. The van der Waals surface area contributed by atoms with Crippen LogP contribution in [0.15, 0.2) is 29.2 Å². The summed E-state index contributed by atoms with van der Waals surface area (Å²) in [7, 11) is -3.66. The number of sulfonamides is 1. The summed E-state index contributed by atoms with van der Waals surface area (Å²) in [5.41, 5.74) is 5.15. The van der Waals surface area contributed by atoms with Gasteiger partial charge in [0.2, 0.25) is 10.0 Å². The van der Waals surface area contributed by atoms with Gasteiger partial charge in [0.25, 0.3) is 0 Å². The van der Waals surface area contributed by atoms with Gasteiger partial charge in [-0.05, 0) is 24.3 Å². The summed E-state index contributed by atoms with van der Waals surface area (Å²) in [5, 5.41) is 12.0. The van der Waals surface area contributed by atoms with Crippen molar-refractivity contribution >= 4 is 27.0 Å². The van der Waals surface area contributed by atoms with Crippen LogP contribution in [0, 0.1) is 5.41 Å². The molecule has 0 atom stereocenters. The third-order valence-corrected chi connectivity index (χ3v) is 3.37. The molecule has 8 heteroatoms. The molecular weight excluding hydrogens is 262 g/mol. The quantitative estimate of drug-likeness (QED) is 0.406. The Kier molecular flexibility index (Phi) is 4.79. The van der Waals surface area contributed by atoms with Crippen LogP contribution in [0.4, 0.5) is 0 Å². The van der Waals surface area contributed by atoms with Gasteiger partial charge in [0.05, 0.1) is 11.5 Å². The molecule has 0 saturated heterocycles. The molecule has 0 amide bonds. The maximum absolute atomic E-state index is 11.0. The minimum atomic E-state index is -3.66. The van der Waals surface area contributed by atoms with Gasteiger partial charge < -0.3 is 10.5 Å². The maximum Gasteiger partial charge on any atom is 0.238 e. The fourth-order valence-electron chi connectivity index (χ4n) is 1.04. The van der Waals surface area contributed by atoms with Gasteiger partial charge in [-0.15, -0.1) is 0 Å². The second kappa shape index (κ2) is 5.89. The molecule has 6 nitrogen and oxygen atoms in total. The van der Waals surface area contributed by atoms with Crippen LogP contribution in [-0.2, 0) is 10.0 Å². The van der Waals surface area contributed by atoms with Crippen LogP contribution in [0.3, 0.4) is 0 Å². The molecule has 0 radical (unpaired) electrons. The Bertz CT molecular complexity index is 485. The van der Waals surface area contributed by atoms with Crippen molar-refractivity contribution in [3.05, 3.63) is 24.3 Å². The highest BCUT2D eigenvalue weighted by Gasteiger charge is 2.06. The summed E-state index contributed by atoms with van der Waals surface area (Å²) in [6, 6.07) is 5.81. The summed E-state index contributed by atoms with van der Waals surface area (Å²) >= 11 is 1.18. The third-order valence-electron chi connectivity index (χ3n) is 1.76. The van der Waals surface area contributed by atoms with Crippen LogP contribution in [-0.4, -0.2) is 25.9 Å². The number of hydrogen-bond donors (Lipinski definition) is 3. The number of nitrogens with two attached hydrogens (primary N) is 2. The predicted molar refractivity (Wildman–Crippen MR) is 67.7 cm³/mol. The monoisotopic (exact) mass is 275 g/mol. The molecule has 0 heterocycles. The number of hydrogen-bond acceptors (Lipinski definition) is 5. The molecule has 5 N–H and O–H groups in total. The largest absolute Gasteiger partial charge is 0.493 e. The van der Waals surface area contributed by atoms with Crippen LogP contribution in [0.5, 0.6) is 5.75 Å². The molecule has 0 bridgehead atoms. The van der Waals surface area contributed by atoms with E-state index in [2.05, 4.69) is 0 Å². The molecule has 94 valence electrons. The second-order valence-electron chi connectivity index (χ2n) is 3.08. The number of ether oxygens (including phenoxy) is 1. The van der Waals surface area contributed by atoms with Gasteiger partial charge in [-0.3, -0.25) is 5.41 Å². The molecule has 0 aliphatic rings. The van der Waals surface area contributed by atoms with Gasteiger partial charge in [0.1, 0.15) is 5.75 Å². The van der Waals surface area contributed by atoms with Crippen molar-refractivity contribution in [3.63, 3.8) is 0 Å². The SMILES string of the molecule is N=C(N)SCCOc1ccc(S(N)(=O)=O)cc1. The van der Waals surface area contributed by atoms with Gasteiger partial charge in [-0.2, -0.15) is 0 Å². The normalized spacial score (nSPS) is 11.1. The zero-order valence-electron chi connectivity index (χ0n) is 8.92. The van der Waals surface area contributed by atoms with Crippen molar-refractivity contribution in [3.8, 4) is 5.75 Å². The van der Waals surface area contributed by atoms with Gasteiger partial charge in [-0.1, -0.05) is 11.8 Å². The van der Waals surface area contributed by atoms with Crippen LogP contribution in [0.25, 0.3) is 0 Å². The van der Waals surface area contributed by atoms with E-state index in [9.17, 15) is 8.42 Å². The van der Waals surface area contributed by atoms with Gasteiger partial charge >= 0.3 is 0 Å². The van der Waals surface area contributed by atoms with Crippen LogP contribution >= 0.6 is 11.8 Å². The first-order valence-corrected chi connectivity index (χ1v) is 7.15. The fraction of sp³-hybridized carbons (Fsp3) is 0.222. The highest BCUT2D eigenvalue weighted by molar-refractivity contribution is 8.13. The molecule has 17 heavy (non-hydrogen) atoms. The number of rotatable bonds is 5. The summed E-state index contributed by atoms with van der Waals surface area (Å²) < 4.78 is 27.3. The molecule has 1 aromatic carbocycles. The number of nitrogens with one attached hydrogen (secondary N) is 1. The molecule has 0 fully saturated rings. The average Bonchev–Trinajstić information content (AvgIpc) is 2.23. The average molecular weight is 275 g/mol. The molecule has 1 aromatic rings. The Balaban J connectivity index is 2.49. The lowest BCUT2D eigenvalue weighted by atomic mass is 10.3. The van der Waals surface area contributed by atoms with E-state index in [4.69, 9.17) is 21.0 Å². The van der Waals surface area contributed by atoms with Crippen molar-refractivity contribution in [1.82, 2.24) is 0 Å². The Morgan fingerprint density at radius 3 is 2.41 bits per heavy atom. The van der Waals surface area contributed by atoms with Crippen LogP contribution in [0.2, 0.25) is 0 Å². The molecule has 0 spiro atoms. The van der Waals surface area contributed by atoms with E-state index in [1.807, 2.05) is 0 Å². The Labute approximate surface area is 104 Å². The van der Waals surface area contributed by atoms with E-state index in [0.717, 1.165) is 0 Å². The van der Waals surface area contributed by atoms with Crippen molar-refractivity contribution in [2.24, 2.45) is 10.9 Å². The lowest BCUT2D eigenvalue weighted by Gasteiger charge is -2.05. The Hall–Kier alpha value is -1.25. The highest BCUT2D eigenvalue weighted by atomic mass is 32.2. The fourth-order valence-corrected chi connectivity index (χ4v) is 1.94. The van der Waals surface area contributed by atoms with Gasteiger partial charge in [0, 0.05) is 5.75 Å². The minimum absolute atomic E-state index is 0.0400. The van der Waals surface area contributed by atoms with Crippen molar-refractivity contribution < 1.29 is 13.2 Å². The highest BCUT2D eigenvalue weighted by Crippen LogP contribution is 2.15. The number of benzene rings is 1. The van der Waals surface area contributed by atoms with Gasteiger partial charge in [-0.25, -0.2) is 13.6 Å². The summed E-state index contributed by atoms with van der Waals surface area (Å²) in [6.45, 7) is 0.388. The maximum atomic E-state index is 11.0. The lowest BCUT2D eigenvalue weighted by Crippen LogP contribution is -2.12. The number of primary sulfonamides is 1. The number of thioether (sulfide) groups is 1. The van der Waals surface area contributed by atoms with E-state index in [-0.39, 0.29) is 10.1 Å². The Morgan fingerprint density at radius 1 is 1.35 bits per heavy atom. The lowest BCUT2D eigenvalue weighted by molar-refractivity contribution is 0.344. The van der Waals surface area contributed by atoms with Crippen LogP contribution < -0.4 is 15.6 Å². The van der Waals surface area contributed by atoms with E-state index < -0.39 is 10.0 Å². The zero-order valence-corrected chi connectivity index (χ0v) is 10.6. The zero-order chi connectivity index (χ0) is 12.9.